The van der Waals surface area contributed by atoms with Crippen molar-refractivity contribution in [2.24, 2.45) is 12.8 Å². The minimum absolute atomic E-state index is 0.0776. The quantitative estimate of drug-likeness (QED) is 0.774. The van der Waals surface area contributed by atoms with Crippen LogP contribution in [0, 0.1) is 6.92 Å². The molecule has 1 aromatic heterocycles. The predicted octanol–water partition coefficient (Wildman–Crippen LogP) is 1.09. The lowest BCUT2D eigenvalue weighted by Gasteiger charge is -2.34. The average Bonchev–Trinajstić information content (AvgIpc) is 2.68. The summed E-state index contributed by atoms with van der Waals surface area (Å²) >= 11 is 0. The second-order valence-corrected chi connectivity index (χ2v) is 5.21. The van der Waals surface area contributed by atoms with Crippen LogP contribution in [0.5, 0.6) is 5.88 Å². The van der Waals surface area contributed by atoms with E-state index in [-0.39, 0.29) is 6.04 Å². The van der Waals surface area contributed by atoms with Gasteiger partial charge in [-0.3, -0.25) is 4.90 Å². The fourth-order valence-corrected chi connectivity index (χ4v) is 2.67. The van der Waals surface area contributed by atoms with Crippen molar-refractivity contribution in [2.45, 2.75) is 32.9 Å². The van der Waals surface area contributed by atoms with Gasteiger partial charge in [0.25, 0.3) is 0 Å². The summed E-state index contributed by atoms with van der Waals surface area (Å²) in [7, 11) is 5.27. The topological polar surface area (TPSA) is 65.5 Å². The Kier molecular flexibility index (Phi) is 6.45. The summed E-state index contributed by atoms with van der Waals surface area (Å²) in [5.41, 5.74) is 8.07. The molecule has 1 heterocycles. The smallest absolute Gasteiger partial charge is 0.216 e. The number of hydrogen-bond acceptors (Lipinski definition) is 5. The molecular formula is C14H28N4O2. The van der Waals surface area contributed by atoms with Crippen LogP contribution in [0.25, 0.3) is 0 Å². The number of aromatic nitrogens is 2. The Morgan fingerprint density at radius 2 is 2.00 bits per heavy atom. The number of hydrogen-bond donors (Lipinski definition) is 1. The maximum absolute atomic E-state index is 6.04. The third-order valence-electron chi connectivity index (χ3n) is 3.58. The van der Waals surface area contributed by atoms with Gasteiger partial charge in [-0.25, -0.2) is 4.68 Å². The molecule has 6 heteroatoms. The Morgan fingerprint density at radius 1 is 1.35 bits per heavy atom. The zero-order valence-electron chi connectivity index (χ0n) is 13.5. The Morgan fingerprint density at radius 3 is 2.45 bits per heavy atom. The molecule has 0 saturated heterocycles. The summed E-state index contributed by atoms with van der Waals surface area (Å²) in [6.45, 7) is 8.34. The van der Waals surface area contributed by atoms with Gasteiger partial charge >= 0.3 is 0 Å². The largest absolute Gasteiger partial charge is 0.481 e. The van der Waals surface area contributed by atoms with E-state index in [0.717, 1.165) is 23.7 Å². The first-order chi connectivity index (χ1) is 9.47. The summed E-state index contributed by atoms with van der Waals surface area (Å²) in [6.07, 6.45) is 0. The third kappa shape index (κ3) is 3.50. The monoisotopic (exact) mass is 284 g/mol. The van der Waals surface area contributed by atoms with Gasteiger partial charge in [0, 0.05) is 33.3 Å². The standard InChI is InChI=1S/C14H28N4O2/c1-10(2)18(7-8-19-5)12(9-15)13-11(3)16-17(4)14(13)20-6/h10,12H,7-9,15H2,1-6H3. The number of ether oxygens (including phenoxy) is 2. The fraction of sp³-hybridized carbons (Fsp3) is 0.786. The Labute approximate surface area is 121 Å². The molecule has 1 unspecified atom stereocenters. The van der Waals surface area contributed by atoms with Gasteiger partial charge in [-0.15, -0.1) is 0 Å². The second-order valence-electron chi connectivity index (χ2n) is 5.21. The van der Waals surface area contributed by atoms with Crippen molar-refractivity contribution < 1.29 is 9.47 Å². The molecule has 0 saturated carbocycles. The van der Waals surface area contributed by atoms with E-state index in [2.05, 4.69) is 23.8 Å². The molecule has 116 valence electrons. The summed E-state index contributed by atoms with van der Waals surface area (Å²) < 4.78 is 12.5. The van der Waals surface area contributed by atoms with Crippen LogP contribution in [0.15, 0.2) is 0 Å². The minimum Gasteiger partial charge on any atom is -0.481 e. The maximum Gasteiger partial charge on any atom is 0.216 e. The number of nitrogens with zero attached hydrogens (tertiary/aromatic N) is 3. The highest BCUT2D eigenvalue weighted by molar-refractivity contribution is 5.34. The highest BCUT2D eigenvalue weighted by Gasteiger charge is 2.28. The molecule has 0 radical (unpaired) electrons. The zero-order chi connectivity index (χ0) is 15.3. The SMILES string of the molecule is COCCN(C(C)C)C(CN)c1c(C)nn(C)c1OC. The van der Waals surface area contributed by atoms with Crippen LogP contribution in [-0.2, 0) is 11.8 Å². The highest BCUT2D eigenvalue weighted by atomic mass is 16.5. The molecule has 2 N–H and O–H groups in total. The Hall–Kier alpha value is -1.11. The van der Waals surface area contributed by atoms with Crippen LogP contribution in [0.1, 0.15) is 31.1 Å². The van der Waals surface area contributed by atoms with Crippen molar-refractivity contribution in [3.63, 3.8) is 0 Å². The van der Waals surface area contributed by atoms with Gasteiger partial charge in [0.1, 0.15) is 0 Å². The van der Waals surface area contributed by atoms with E-state index in [4.69, 9.17) is 15.2 Å². The van der Waals surface area contributed by atoms with Crippen molar-refractivity contribution in [1.82, 2.24) is 14.7 Å². The van der Waals surface area contributed by atoms with E-state index in [0.29, 0.717) is 19.2 Å². The van der Waals surface area contributed by atoms with E-state index in [9.17, 15) is 0 Å². The van der Waals surface area contributed by atoms with Crippen molar-refractivity contribution in [3.8, 4) is 5.88 Å². The molecule has 0 fully saturated rings. The second kappa shape index (κ2) is 7.61. The first-order valence-corrected chi connectivity index (χ1v) is 7.00. The lowest BCUT2D eigenvalue weighted by atomic mass is 10.0. The molecule has 6 nitrogen and oxygen atoms in total. The van der Waals surface area contributed by atoms with Crippen molar-refractivity contribution in [2.75, 3.05) is 33.9 Å². The van der Waals surface area contributed by atoms with Crippen molar-refractivity contribution in [1.29, 1.82) is 0 Å². The molecule has 0 aromatic carbocycles. The van der Waals surface area contributed by atoms with E-state index in [1.54, 1.807) is 18.9 Å². The molecule has 1 rings (SSSR count). The molecular weight excluding hydrogens is 256 g/mol. The lowest BCUT2D eigenvalue weighted by Crippen LogP contribution is -2.41. The molecule has 0 spiro atoms. The minimum atomic E-state index is 0.0776. The van der Waals surface area contributed by atoms with Gasteiger partial charge in [0.2, 0.25) is 5.88 Å². The highest BCUT2D eigenvalue weighted by Crippen LogP contribution is 2.32. The van der Waals surface area contributed by atoms with Crippen LogP contribution in [0.3, 0.4) is 0 Å². The summed E-state index contributed by atoms with van der Waals surface area (Å²) in [5, 5.41) is 4.45. The third-order valence-corrected chi connectivity index (χ3v) is 3.58. The van der Waals surface area contributed by atoms with Gasteiger partial charge in [-0.2, -0.15) is 5.10 Å². The molecule has 1 atom stereocenters. The predicted molar refractivity (Wildman–Crippen MR) is 80.0 cm³/mol. The van der Waals surface area contributed by atoms with Gasteiger partial charge in [0.15, 0.2) is 0 Å². The van der Waals surface area contributed by atoms with E-state index >= 15 is 0 Å². The fourth-order valence-electron chi connectivity index (χ4n) is 2.67. The molecule has 0 aliphatic heterocycles. The lowest BCUT2D eigenvalue weighted by molar-refractivity contribution is 0.0965. The number of rotatable bonds is 8. The molecule has 1 aromatic rings. The van der Waals surface area contributed by atoms with Gasteiger partial charge < -0.3 is 15.2 Å². The van der Waals surface area contributed by atoms with Gasteiger partial charge in [-0.05, 0) is 20.8 Å². The van der Waals surface area contributed by atoms with Gasteiger partial charge in [0.05, 0.1) is 31.0 Å². The zero-order valence-corrected chi connectivity index (χ0v) is 13.5. The van der Waals surface area contributed by atoms with E-state index in [1.807, 2.05) is 14.0 Å². The molecule has 20 heavy (non-hydrogen) atoms. The van der Waals surface area contributed by atoms with Crippen LogP contribution < -0.4 is 10.5 Å². The summed E-state index contributed by atoms with van der Waals surface area (Å²) in [6, 6.07) is 0.441. The van der Waals surface area contributed by atoms with Crippen molar-refractivity contribution >= 4 is 0 Å². The van der Waals surface area contributed by atoms with Crippen molar-refractivity contribution in [3.05, 3.63) is 11.3 Å². The van der Waals surface area contributed by atoms with Crippen LogP contribution in [-0.4, -0.2) is 54.6 Å². The Bertz CT molecular complexity index is 418. The van der Waals surface area contributed by atoms with Crippen LogP contribution in [0.2, 0.25) is 0 Å². The van der Waals surface area contributed by atoms with E-state index in [1.165, 1.54) is 0 Å². The summed E-state index contributed by atoms with van der Waals surface area (Å²) in [4.78, 5) is 2.33. The maximum atomic E-state index is 6.04. The number of nitrogens with two attached hydrogens (primary N) is 1. The number of methoxy groups -OCH3 is 2. The molecule has 0 aliphatic carbocycles. The average molecular weight is 284 g/mol. The molecule has 0 aliphatic rings. The van der Waals surface area contributed by atoms with Crippen LogP contribution >= 0.6 is 0 Å². The van der Waals surface area contributed by atoms with Gasteiger partial charge in [-0.1, -0.05) is 0 Å². The van der Waals surface area contributed by atoms with E-state index < -0.39 is 0 Å². The normalized spacial score (nSPS) is 13.2. The molecule has 0 amide bonds. The Balaban J connectivity index is 3.15. The first kappa shape index (κ1) is 16.9. The van der Waals surface area contributed by atoms with Crippen LogP contribution in [0.4, 0.5) is 0 Å². The first-order valence-electron chi connectivity index (χ1n) is 7.00. The number of aryl methyl sites for hydroxylation is 2. The molecule has 0 bridgehead atoms. The summed E-state index contributed by atoms with van der Waals surface area (Å²) in [5.74, 6) is 0.779.